The van der Waals surface area contributed by atoms with Crippen molar-refractivity contribution in [1.82, 2.24) is 14.5 Å². The van der Waals surface area contributed by atoms with Gasteiger partial charge in [-0.3, -0.25) is 19.1 Å². The van der Waals surface area contributed by atoms with Crippen molar-refractivity contribution in [2.24, 2.45) is 0 Å². The van der Waals surface area contributed by atoms with Crippen LogP contribution in [0.15, 0.2) is 64.3 Å². The topological polar surface area (TPSA) is 115 Å². The normalized spacial score (nSPS) is 12.2. The largest absolute Gasteiger partial charge is 0.454 e. The summed E-state index contributed by atoms with van der Waals surface area (Å²) in [4.78, 5) is 45.2. The number of aromatic amines is 1. The lowest BCUT2D eigenvalue weighted by Crippen LogP contribution is -2.39. The molecule has 3 heterocycles. The van der Waals surface area contributed by atoms with Gasteiger partial charge in [-0.1, -0.05) is 24.3 Å². The third kappa shape index (κ3) is 3.49. The highest BCUT2D eigenvalue weighted by Gasteiger charge is 2.18. The first kappa shape index (κ1) is 19.6. The number of nitrogens with one attached hydrogen (secondary N) is 2. The van der Waals surface area contributed by atoms with Gasteiger partial charge < -0.3 is 19.8 Å². The minimum Gasteiger partial charge on any atom is -0.454 e. The Hall–Kier alpha value is -4.40. The first-order valence-corrected chi connectivity index (χ1v) is 9.88. The number of fused-ring (bicyclic) bond motifs is 2. The molecule has 5 rings (SSSR count). The van der Waals surface area contributed by atoms with Gasteiger partial charge in [0.15, 0.2) is 11.5 Å². The van der Waals surface area contributed by atoms with Gasteiger partial charge in [-0.05, 0) is 36.8 Å². The van der Waals surface area contributed by atoms with E-state index >= 15 is 0 Å². The van der Waals surface area contributed by atoms with E-state index in [-0.39, 0.29) is 18.9 Å². The molecule has 2 aromatic heterocycles. The summed E-state index contributed by atoms with van der Waals surface area (Å²) in [7, 11) is 0. The monoisotopic (exact) mass is 430 g/mol. The maximum absolute atomic E-state index is 13.0. The van der Waals surface area contributed by atoms with E-state index in [1.54, 1.807) is 24.3 Å². The zero-order chi connectivity index (χ0) is 22.2. The molecule has 0 spiro atoms. The number of hydrogen-bond donors (Lipinski definition) is 2. The van der Waals surface area contributed by atoms with Crippen LogP contribution < -0.4 is 26.0 Å². The Labute approximate surface area is 181 Å². The quantitative estimate of drug-likeness (QED) is 0.514. The molecule has 1 aliphatic rings. The lowest BCUT2D eigenvalue weighted by molar-refractivity contribution is 0.102. The molecule has 0 unspecified atom stereocenters. The number of hydrogen-bond acceptors (Lipinski definition) is 6. The average molecular weight is 430 g/mol. The Bertz CT molecular complexity index is 1490. The van der Waals surface area contributed by atoms with Crippen LogP contribution in [-0.2, 0) is 6.54 Å². The summed E-state index contributed by atoms with van der Waals surface area (Å²) in [6.45, 7) is 1.92. The SMILES string of the molecule is Cc1cc(NC(=O)c2c[nH]c(=O)n(Cc3ccc4c(c3)OCO4)c2=O)c2ccccc2n1. The van der Waals surface area contributed by atoms with Crippen LogP contribution in [0.1, 0.15) is 21.6 Å². The molecule has 0 saturated heterocycles. The number of ether oxygens (including phenoxy) is 2. The van der Waals surface area contributed by atoms with Gasteiger partial charge in [-0.2, -0.15) is 0 Å². The second kappa shape index (κ2) is 7.69. The van der Waals surface area contributed by atoms with Crippen LogP contribution in [0.5, 0.6) is 11.5 Å². The lowest BCUT2D eigenvalue weighted by atomic mass is 10.1. The van der Waals surface area contributed by atoms with Gasteiger partial charge in [0.25, 0.3) is 11.5 Å². The summed E-state index contributed by atoms with van der Waals surface area (Å²) in [6.07, 6.45) is 1.13. The maximum atomic E-state index is 13.0. The molecule has 1 amide bonds. The molecular formula is C23H18N4O5. The molecule has 32 heavy (non-hydrogen) atoms. The zero-order valence-electron chi connectivity index (χ0n) is 17.0. The molecule has 0 aliphatic carbocycles. The number of benzene rings is 2. The van der Waals surface area contributed by atoms with Gasteiger partial charge >= 0.3 is 5.69 Å². The third-order valence-electron chi connectivity index (χ3n) is 5.18. The first-order valence-electron chi connectivity index (χ1n) is 9.88. The number of amides is 1. The van der Waals surface area contributed by atoms with Crippen LogP contribution in [-0.4, -0.2) is 27.2 Å². The minimum absolute atomic E-state index is 0.0246. The van der Waals surface area contributed by atoms with Gasteiger partial charge in [0.1, 0.15) is 5.56 Å². The van der Waals surface area contributed by atoms with E-state index in [0.717, 1.165) is 27.4 Å². The third-order valence-corrected chi connectivity index (χ3v) is 5.18. The molecule has 0 radical (unpaired) electrons. The number of carbonyl (C=O) groups excluding carboxylic acids is 1. The van der Waals surface area contributed by atoms with Crippen LogP contribution in [0.3, 0.4) is 0 Å². The standard InChI is InChI=1S/C23H18N4O5/c1-13-8-18(15-4-2-3-5-17(15)25-13)26-21(28)16-10-24-23(30)27(22(16)29)11-14-6-7-19-20(9-14)32-12-31-19/h2-10H,11-12H2,1H3,(H,24,30)(H,25,26,28). The molecule has 2 aromatic carbocycles. The van der Waals surface area contributed by atoms with Gasteiger partial charge in [-0.25, -0.2) is 4.79 Å². The summed E-state index contributed by atoms with van der Waals surface area (Å²) >= 11 is 0. The van der Waals surface area contributed by atoms with Crippen molar-refractivity contribution in [3.05, 3.63) is 92.4 Å². The molecule has 9 heteroatoms. The number of nitrogens with zero attached hydrogens (tertiary/aromatic N) is 2. The highest BCUT2D eigenvalue weighted by Crippen LogP contribution is 2.32. The Balaban J connectivity index is 1.48. The molecule has 0 bridgehead atoms. The minimum atomic E-state index is -0.695. The zero-order valence-corrected chi connectivity index (χ0v) is 17.0. The first-order chi connectivity index (χ1) is 15.5. The summed E-state index contributed by atoms with van der Waals surface area (Å²) in [5.41, 5.74) is 1.16. The predicted octanol–water partition coefficient (Wildman–Crippen LogP) is 2.42. The second-order valence-electron chi connectivity index (χ2n) is 7.37. The van der Waals surface area contributed by atoms with Crippen LogP contribution in [0.2, 0.25) is 0 Å². The molecule has 0 saturated carbocycles. The molecule has 0 atom stereocenters. The number of pyridine rings is 1. The van der Waals surface area contributed by atoms with E-state index in [2.05, 4.69) is 15.3 Å². The number of rotatable bonds is 4. The van der Waals surface area contributed by atoms with Crippen molar-refractivity contribution < 1.29 is 14.3 Å². The van der Waals surface area contributed by atoms with Gasteiger partial charge in [0.05, 0.1) is 17.7 Å². The number of H-pyrrole nitrogens is 1. The summed E-state index contributed by atoms with van der Waals surface area (Å²) in [5, 5.41) is 3.52. The van der Waals surface area contributed by atoms with Crippen molar-refractivity contribution in [1.29, 1.82) is 0 Å². The molecule has 1 aliphatic heterocycles. The van der Waals surface area contributed by atoms with Gasteiger partial charge in [0.2, 0.25) is 6.79 Å². The van der Waals surface area contributed by atoms with E-state index in [0.29, 0.717) is 22.7 Å². The van der Waals surface area contributed by atoms with Crippen molar-refractivity contribution in [2.75, 3.05) is 12.1 Å². The van der Waals surface area contributed by atoms with E-state index in [9.17, 15) is 14.4 Å². The van der Waals surface area contributed by atoms with Crippen molar-refractivity contribution in [3.8, 4) is 11.5 Å². The summed E-state index contributed by atoms with van der Waals surface area (Å²) in [5.74, 6) is 0.519. The Kier molecular flexibility index (Phi) is 4.70. The van der Waals surface area contributed by atoms with Crippen molar-refractivity contribution in [3.63, 3.8) is 0 Å². The molecular weight excluding hydrogens is 412 g/mol. The van der Waals surface area contributed by atoms with Crippen LogP contribution in [0.4, 0.5) is 5.69 Å². The fourth-order valence-electron chi connectivity index (χ4n) is 3.64. The highest BCUT2D eigenvalue weighted by atomic mass is 16.7. The summed E-state index contributed by atoms with van der Waals surface area (Å²) in [6, 6.07) is 14.3. The molecule has 4 aromatic rings. The summed E-state index contributed by atoms with van der Waals surface area (Å²) < 4.78 is 11.6. The van der Waals surface area contributed by atoms with E-state index < -0.39 is 17.2 Å². The van der Waals surface area contributed by atoms with Crippen molar-refractivity contribution in [2.45, 2.75) is 13.5 Å². The molecule has 9 nitrogen and oxygen atoms in total. The van der Waals surface area contributed by atoms with E-state index in [1.165, 1.54) is 0 Å². The highest BCUT2D eigenvalue weighted by molar-refractivity contribution is 6.08. The van der Waals surface area contributed by atoms with Crippen LogP contribution in [0.25, 0.3) is 10.9 Å². The van der Waals surface area contributed by atoms with Crippen LogP contribution >= 0.6 is 0 Å². The molecule has 160 valence electrons. The van der Waals surface area contributed by atoms with Crippen LogP contribution in [0, 0.1) is 6.92 Å². The fraction of sp³-hybridized carbons (Fsp3) is 0.130. The lowest BCUT2D eigenvalue weighted by Gasteiger charge is -2.11. The Morgan fingerprint density at radius 2 is 1.94 bits per heavy atom. The predicted molar refractivity (Wildman–Crippen MR) is 117 cm³/mol. The average Bonchev–Trinajstić information content (AvgIpc) is 3.24. The number of aryl methyl sites for hydroxylation is 1. The Morgan fingerprint density at radius 3 is 2.81 bits per heavy atom. The fourth-order valence-corrected chi connectivity index (χ4v) is 3.64. The smallest absolute Gasteiger partial charge is 0.328 e. The van der Waals surface area contributed by atoms with Crippen molar-refractivity contribution >= 4 is 22.5 Å². The Morgan fingerprint density at radius 1 is 1.12 bits per heavy atom. The molecule has 2 N–H and O–H groups in total. The van der Waals surface area contributed by atoms with Gasteiger partial charge in [0, 0.05) is 17.3 Å². The maximum Gasteiger partial charge on any atom is 0.328 e. The second-order valence-corrected chi connectivity index (χ2v) is 7.37. The van der Waals surface area contributed by atoms with E-state index in [1.807, 2.05) is 31.2 Å². The van der Waals surface area contributed by atoms with Gasteiger partial charge in [-0.15, -0.1) is 0 Å². The number of carbonyl (C=O) groups is 1. The van der Waals surface area contributed by atoms with E-state index in [4.69, 9.17) is 9.47 Å². The molecule has 0 fully saturated rings. The number of anilines is 1. The number of aromatic nitrogens is 3. The number of para-hydroxylation sites is 1.